The van der Waals surface area contributed by atoms with Crippen LogP contribution in [0.5, 0.6) is 0 Å². The number of nitrogens with zero attached hydrogens (tertiary/aromatic N) is 3. The average molecular weight is 382 g/mol. The van der Waals surface area contributed by atoms with Crippen molar-refractivity contribution >= 4 is 26.4 Å². The molecule has 140 valence electrons. The molecule has 0 saturated carbocycles. The Morgan fingerprint density at radius 2 is 1.74 bits per heavy atom. The quantitative estimate of drug-likeness (QED) is 0.697. The first-order valence-corrected chi connectivity index (χ1v) is 10.6. The first-order valence-electron chi connectivity index (χ1n) is 9.12. The highest BCUT2D eigenvalue weighted by atomic mass is 32.2. The summed E-state index contributed by atoms with van der Waals surface area (Å²) in [5.41, 5.74) is 1.74. The van der Waals surface area contributed by atoms with Crippen LogP contribution in [-0.2, 0) is 9.84 Å². The molecule has 0 radical (unpaired) electrons. The Morgan fingerprint density at radius 3 is 2.48 bits per heavy atom. The van der Waals surface area contributed by atoms with E-state index in [0.29, 0.717) is 6.04 Å². The van der Waals surface area contributed by atoms with E-state index in [1.54, 1.807) is 36.4 Å². The molecule has 2 heterocycles. The molecule has 1 aliphatic heterocycles. The minimum Gasteiger partial charge on any atom is -0.367 e. The van der Waals surface area contributed by atoms with Crippen molar-refractivity contribution < 1.29 is 8.42 Å². The van der Waals surface area contributed by atoms with E-state index in [1.165, 1.54) is 0 Å². The van der Waals surface area contributed by atoms with Crippen molar-refractivity contribution in [1.82, 2.24) is 9.88 Å². The largest absolute Gasteiger partial charge is 0.367 e. The van der Waals surface area contributed by atoms with Gasteiger partial charge in [-0.15, -0.1) is 0 Å². The van der Waals surface area contributed by atoms with Crippen molar-refractivity contribution in [3.63, 3.8) is 0 Å². The number of benzene rings is 2. The van der Waals surface area contributed by atoms with Crippen LogP contribution in [0.25, 0.3) is 10.9 Å². The number of rotatable bonds is 3. The van der Waals surface area contributed by atoms with Crippen LogP contribution in [0.4, 0.5) is 5.69 Å². The van der Waals surface area contributed by atoms with Crippen molar-refractivity contribution in [2.24, 2.45) is 0 Å². The Kier molecular flexibility index (Phi) is 4.61. The summed E-state index contributed by atoms with van der Waals surface area (Å²) in [7, 11) is -1.50. The van der Waals surface area contributed by atoms with E-state index in [4.69, 9.17) is 0 Å². The molecular weight excluding hydrogens is 358 g/mol. The molecule has 0 aliphatic carbocycles. The smallest absolute Gasteiger partial charge is 0.223 e. The number of aromatic nitrogens is 1. The molecule has 6 heteroatoms. The van der Waals surface area contributed by atoms with Crippen molar-refractivity contribution in [3.05, 3.63) is 60.7 Å². The van der Waals surface area contributed by atoms with E-state index in [9.17, 15) is 8.42 Å². The Balaban J connectivity index is 1.80. The van der Waals surface area contributed by atoms with E-state index < -0.39 is 9.84 Å². The molecule has 0 N–H and O–H groups in total. The van der Waals surface area contributed by atoms with E-state index in [1.807, 2.05) is 24.3 Å². The number of likely N-dealkylation sites (N-methyl/N-ethyl adjacent to an activating group) is 1. The SMILES string of the molecule is CC1CN(c2cccc3ccc(S(=O)(=O)c4ccccc4)nc23)CCN1C. The first-order chi connectivity index (χ1) is 13.0. The number of para-hydroxylation sites is 1. The summed E-state index contributed by atoms with van der Waals surface area (Å²) >= 11 is 0. The number of anilines is 1. The van der Waals surface area contributed by atoms with Gasteiger partial charge >= 0.3 is 0 Å². The molecule has 1 aromatic heterocycles. The van der Waals surface area contributed by atoms with E-state index >= 15 is 0 Å². The van der Waals surface area contributed by atoms with Crippen LogP contribution in [0.2, 0.25) is 0 Å². The molecule has 0 spiro atoms. The lowest BCUT2D eigenvalue weighted by Crippen LogP contribution is -2.50. The lowest BCUT2D eigenvalue weighted by atomic mass is 10.1. The maximum absolute atomic E-state index is 13.0. The van der Waals surface area contributed by atoms with Gasteiger partial charge in [-0.3, -0.25) is 0 Å². The summed E-state index contributed by atoms with van der Waals surface area (Å²) in [5.74, 6) is 0. The highest BCUT2D eigenvalue weighted by Gasteiger charge is 2.24. The molecule has 0 amide bonds. The minimum atomic E-state index is -3.64. The highest BCUT2D eigenvalue weighted by Crippen LogP contribution is 2.29. The van der Waals surface area contributed by atoms with Crippen LogP contribution >= 0.6 is 0 Å². The highest BCUT2D eigenvalue weighted by molar-refractivity contribution is 7.91. The van der Waals surface area contributed by atoms with Gasteiger partial charge in [0.15, 0.2) is 5.03 Å². The number of pyridine rings is 1. The molecule has 1 fully saturated rings. The zero-order chi connectivity index (χ0) is 19.0. The lowest BCUT2D eigenvalue weighted by molar-refractivity contribution is 0.234. The molecule has 27 heavy (non-hydrogen) atoms. The van der Waals surface area contributed by atoms with Crippen LogP contribution in [0.1, 0.15) is 6.92 Å². The third-order valence-corrected chi connectivity index (χ3v) is 6.97. The molecule has 5 nitrogen and oxygen atoms in total. The number of hydrogen-bond acceptors (Lipinski definition) is 5. The van der Waals surface area contributed by atoms with Gasteiger partial charge in [0.1, 0.15) is 0 Å². The molecule has 3 aromatic rings. The van der Waals surface area contributed by atoms with Gasteiger partial charge in [-0.1, -0.05) is 30.3 Å². The molecule has 2 aromatic carbocycles. The first kappa shape index (κ1) is 17.9. The number of sulfone groups is 1. The third-order valence-electron chi connectivity index (χ3n) is 5.30. The molecule has 1 unspecified atom stereocenters. The number of fused-ring (bicyclic) bond motifs is 1. The van der Waals surface area contributed by atoms with Crippen molar-refractivity contribution in [2.45, 2.75) is 22.9 Å². The third kappa shape index (κ3) is 3.31. The lowest BCUT2D eigenvalue weighted by Gasteiger charge is -2.39. The van der Waals surface area contributed by atoms with Crippen molar-refractivity contribution in [3.8, 4) is 0 Å². The summed E-state index contributed by atoms with van der Waals surface area (Å²) in [5, 5.41) is 1.04. The van der Waals surface area contributed by atoms with Gasteiger partial charge in [-0.2, -0.15) is 0 Å². The second-order valence-corrected chi connectivity index (χ2v) is 8.99. The number of hydrogen-bond donors (Lipinski definition) is 0. The average Bonchev–Trinajstić information content (AvgIpc) is 2.70. The van der Waals surface area contributed by atoms with Crippen LogP contribution in [0.3, 0.4) is 0 Å². The Hall–Kier alpha value is -2.44. The topological polar surface area (TPSA) is 53.5 Å². The molecule has 4 rings (SSSR count). The fourth-order valence-electron chi connectivity index (χ4n) is 3.51. The Morgan fingerprint density at radius 1 is 0.963 bits per heavy atom. The van der Waals surface area contributed by atoms with Gasteiger partial charge < -0.3 is 9.80 Å². The maximum atomic E-state index is 13.0. The fourth-order valence-corrected chi connectivity index (χ4v) is 4.72. The molecule has 1 atom stereocenters. The molecule has 1 saturated heterocycles. The second kappa shape index (κ2) is 6.94. The van der Waals surface area contributed by atoms with Gasteiger partial charge in [0.2, 0.25) is 9.84 Å². The Bertz CT molecular complexity index is 1070. The number of piperazine rings is 1. The van der Waals surface area contributed by atoms with Crippen LogP contribution in [0.15, 0.2) is 70.6 Å². The summed E-state index contributed by atoms with van der Waals surface area (Å²) in [6.07, 6.45) is 0. The van der Waals surface area contributed by atoms with Gasteiger partial charge in [0.25, 0.3) is 0 Å². The van der Waals surface area contributed by atoms with Crippen LogP contribution in [0, 0.1) is 0 Å². The normalized spacial score (nSPS) is 18.7. The predicted molar refractivity (Wildman–Crippen MR) is 108 cm³/mol. The predicted octanol–water partition coefficient (Wildman–Crippen LogP) is 3.21. The van der Waals surface area contributed by atoms with Gasteiger partial charge in [0, 0.05) is 31.1 Å². The summed E-state index contributed by atoms with van der Waals surface area (Å²) in [6.45, 7) is 4.97. The molecule has 0 bridgehead atoms. The van der Waals surface area contributed by atoms with Crippen LogP contribution < -0.4 is 4.90 Å². The van der Waals surface area contributed by atoms with E-state index in [2.05, 4.69) is 28.8 Å². The van der Waals surface area contributed by atoms with Crippen molar-refractivity contribution in [2.75, 3.05) is 31.6 Å². The monoisotopic (exact) mass is 381 g/mol. The van der Waals surface area contributed by atoms with Crippen LogP contribution in [-0.4, -0.2) is 51.0 Å². The summed E-state index contributed by atoms with van der Waals surface area (Å²) in [6, 6.07) is 18.4. The summed E-state index contributed by atoms with van der Waals surface area (Å²) in [4.78, 5) is 9.50. The minimum absolute atomic E-state index is 0.0934. The van der Waals surface area contributed by atoms with Crippen molar-refractivity contribution in [1.29, 1.82) is 0 Å². The molecule has 1 aliphatic rings. The second-order valence-electron chi connectivity index (χ2n) is 7.09. The Labute approximate surface area is 160 Å². The maximum Gasteiger partial charge on any atom is 0.223 e. The fraction of sp³-hybridized carbons (Fsp3) is 0.286. The zero-order valence-electron chi connectivity index (χ0n) is 15.5. The molecular formula is C21H23N3O2S. The van der Waals surface area contributed by atoms with Gasteiger partial charge in [0.05, 0.1) is 16.1 Å². The zero-order valence-corrected chi connectivity index (χ0v) is 16.4. The standard InChI is InChI=1S/C21H23N3O2S/c1-16-15-24(14-13-23(16)2)19-10-6-7-17-11-12-20(22-21(17)19)27(25,26)18-8-4-3-5-9-18/h3-12,16H,13-15H2,1-2H3. The van der Waals surface area contributed by atoms with Gasteiger partial charge in [-0.25, -0.2) is 13.4 Å². The van der Waals surface area contributed by atoms with E-state index in [-0.39, 0.29) is 9.92 Å². The van der Waals surface area contributed by atoms with E-state index in [0.717, 1.165) is 36.2 Å². The van der Waals surface area contributed by atoms with Gasteiger partial charge in [-0.05, 0) is 44.3 Å². The summed E-state index contributed by atoms with van der Waals surface area (Å²) < 4.78 is 26.0.